The van der Waals surface area contributed by atoms with E-state index in [4.69, 9.17) is 11.5 Å². The van der Waals surface area contributed by atoms with Crippen LogP contribution >= 0.6 is 11.3 Å². The van der Waals surface area contributed by atoms with Gasteiger partial charge in [0.2, 0.25) is 0 Å². The molecule has 164 valence electrons. The minimum absolute atomic E-state index is 0.122. The van der Waals surface area contributed by atoms with Crippen LogP contribution in [0.15, 0.2) is 48.5 Å². The number of aromatic nitrogens is 1. The van der Waals surface area contributed by atoms with E-state index in [2.05, 4.69) is 33.2 Å². The van der Waals surface area contributed by atoms with E-state index >= 15 is 0 Å². The number of carbonyl (C=O) groups excluding carboxylic acids is 1. The Morgan fingerprint density at radius 3 is 2.90 bits per heavy atom. The van der Waals surface area contributed by atoms with Crippen molar-refractivity contribution in [2.75, 3.05) is 31.9 Å². The lowest BCUT2D eigenvalue weighted by Gasteiger charge is -2.34. The molecule has 2 aromatic heterocycles. The highest BCUT2D eigenvalue weighted by atomic mass is 32.1. The van der Waals surface area contributed by atoms with Gasteiger partial charge in [-0.15, -0.1) is 11.3 Å². The topological polar surface area (TPSA) is 109 Å². The van der Waals surface area contributed by atoms with Crippen LogP contribution in [0.4, 0.5) is 5.00 Å². The lowest BCUT2D eigenvalue weighted by molar-refractivity contribution is 0.0968. The Bertz CT molecular complexity index is 1050. The van der Waals surface area contributed by atoms with E-state index in [-0.39, 0.29) is 11.9 Å². The predicted molar refractivity (Wildman–Crippen MR) is 128 cm³/mol. The number of nitrogens with one attached hydrogen (secondary N) is 2. The number of pyridine rings is 1. The molecule has 31 heavy (non-hydrogen) atoms. The van der Waals surface area contributed by atoms with E-state index in [0.717, 1.165) is 49.4 Å². The zero-order chi connectivity index (χ0) is 22.0. The van der Waals surface area contributed by atoms with Crippen molar-refractivity contribution < 1.29 is 4.79 Å². The second-order valence-corrected chi connectivity index (χ2v) is 9.20. The summed E-state index contributed by atoms with van der Waals surface area (Å²) in [6, 6.07) is 2.23. The molecule has 7 nitrogen and oxygen atoms in total. The predicted octanol–water partition coefficient (Wildman–Crippen LogP) is 2.69. The molecule has 2 aromatic rings. The summed E-state index contributed by atoms with van der Waals surface area (Å²) in [5, 5.41) is 6.77. The van der Waals surface area contributed by atoms with Crippen molar-refractivity contribution in [2.45, 2.75) is 31.7 Å². The van der Waals surface area contributed by atoms with Crippen molar-refractivity contribution >= 4 is 32.5 Å². The van der Waals surface area contributed by atoms with E-state index in [1.54, 1.807) is 6.08 Å². The van der Waals surface area contributed by atoms with Gasteiger partial charge in [-0.2, -0.15) is 0 Å². The molecule has 0 aliphatic carbocycles. The molecule has 4 heterocycles. The number of piperidine rings is 1. The van der Waals surface area contributed by atoms with Gasteiger partial charge < -0.3 is 27.0 Å². The average molecular weight is 439 g/mol. The lowest BCUT2D eigenvalue weighted by Crippen LogP contribution is -2.43. The van der Waals surface area contributed by atoms with Crippen molar-refractivity contribution in [1.29, 1.82) is 0 Å². The minimum Gasteiger partial charge on any atom is -0.390 e. The van der Waals surface area contributed by atoms with Gasteiger partial charge in [-0.1, -0.05) is 12.7 Å². The van der Waals surface area contributed by atoms with Gasteiger partial charge in [-0.3, -0.25) is 9.78 Å². The average Bonchev–Trinajstić information content (AvgIpc) is 3.04. The maximum absolute atomic E-state index is 13.3. The Morgan fingerprint density at radius 2 is 2.26 bits per heavy atom. The first-order valence-corrected chi connectivity index (χ1v) is 11.5. The van der Waals surface area contributed by atoms with E-state index in [0.29, 0.717) is 27.7 Å². The third-order valence-electron chi connectivity index (χ3n) is 5.91. The van der Waals surface area contributed by atoms with Crippen molar-refractivity contribution in [2.24, 2.45) is 5.73 Å². The van der Waals surface area contributed by atoms with E-state index in [9.17, 15) is 4.79 Å². The quantitative estimate of drug-likeness (QED) is 0.516. The van der Waals surface area contributed by atoms with Gasteiger partial charge in [-0.25, -0.2) is 0 Å². The fourth-order valence-corrected chi connectivity index (χ4v) is 5.11. The van der Waals surface area contributed by atoms with Crippen LogP contribution in [0.1, 0.15) is 41.6 Å². The molecule has 0 unspecified atom stereocenters. The fraction of sp³-hybridized carbons (Fsp3) is 0.391. The Kier molecular flexibility index (Phi) is 6.41. The fourth-order valence-electron chi connectivity index (χ4n) is 4.14. The Balaban J connectivity index is 1.64. The van der Waals surface area contributed by atoms with E-state index < -0.39 is 0 Å². The number of fused-ring (bicyclic) bond motifs is 1. The molecule has 0 saturated carbocycles. The summed E-state index contributed by atoms with van der Waals surface area (Å²) >= 11 is 1.41. The molecule has 2 aliphatic rings. The summed E-state index contributed by atoms with van der Waals surface area (Å²) < 4.78 is 0.937. The van der Waals surface area contributed by atoms with Crippen LogP contribution in [0.5, 0.6) is 0 Å². The van der Waals surface area contributed by atoms with Crippen molar-refractivity contribution in [3.8, 4) is 0 Å². The molecule has 4 rings (SSSR count). The van der Waals surface area contributed by atoms with Gasteiger partial charge in [-0.05, 0) is 43.5 Å². The summed E-state index contributed by atoms with van der Waals surface area (Å²) in [7, 11) is 0. The molecule has 0 spiro atoms. The highest BCUT2D eigenvalue weighted by Crippen LogP contribution is 2.34. The number of nitrogens with zero attached hydrogens (tertiary/aromatic N) is 2. The smallest absolute Gasteiger partial charge is 0.260 e. The first-order chi connectivity index (χ1) is 15.0. The number of carbonyl (C=O) groups is 1. The molecule has 2 aliphatic heterocycles. The Hall–Kier alpha value is -2.68. The number of nitrogen functional groups attached to an aromatic ring is 1. The van der Waals surface area contributed by atoms with Gasteiger partial charge in [0, 0.05) is 44.3 Å². The maximum atomic E-state index is 13.3. The molecule has 1 amide bonds. The van der Waals surface area contributed by atoms with Crippen molar-refractivity contribution in [3.05, 3.63) is 59.6 Å². The highest BCUT2D eigenvalue weighted by molar-refractivity contribution is 7.23. The number of hydrogen-bond acceptors (Lipinski definition) is 7. The van der Waals surface area contributed by atoms with Crippen molar-refractivity contribution in [3.63, 3.8) is 0 Å². The van der Waals surface area contributed by atoms with Gasteiger partial charge in [0.1, 0.15) is 10.6 Å². The summed E-state index contributed by atoms with van der Waals surface area (Å²) in [5.74, 6) is 0.208. The number of likely N-dealkylation sites (tertiary alicyclic amines) is 1. The normalized spacial score (nSPS) is 20.6. The molecule has 1 atom stereocenters. The molecule has 2 saturated heterocycles. The van der Waals surface area contributed by atoms with Crippen LogP contribution in [0.3, 0.4) is 0 Å². The van der Waals surface area contributed by atoms with Gasteiger partial charge in [0.15, 0.2) is 0 Å². The van der Waals surface area contributed by atoms with Gasteiger partial charge in [0.05, 0.1) is 21.6 Å². The zero-order valence-corrected chi connectivity index (χ0v) is 18.7. The van der Waals surface area contributed by atoms with E-state index in [1.165, 1.54) is 16.9 Å². The second-order valence-electron chi connectivity index (χ2n) is 8.12. The summed E-state index contributed by atoms with van der Waals surface area (Å²) in [4.78, 5) is 20.1. The third kappa shape index (κ3) is 4.37. The maximum Gasteiger partial charge on any atom is 0.260 e. The summed E-state index contributed by atoms with van der Waals surface area (Å²) in [6.07, 6.45) is 9.51. The molecule has 0 radical (unpaired) electrons. The van der Waals surface area contributed by atoms with Gasteiger partial charge >= 0.3 is 0 Å². The summed E-state index contributed by atoms with van der Waals surface area (Å²) in [6.45, 7) is 9.45. The number of anilines is 1. The molecule has 8 heteroatoms. The summed E-state index contributed by atoms with van der Waals surface area (Å²) in [5.41, 5.74) is 16.3. The number of nitrogens with two attached hydrogens (primary N) is 2. The first kappa shape index (κ1) is 21.5. The third-order valence-corrected chi connectivity index (χ3v) is 6.86. The molecular weight excluding hydrogens is 408 g/mol. The van der Waals surface area contributed by atoms with Crippen LogP contribution in [0.2, 0.25) is 0 Å². The van der Waals surface area contributed by atoms with Crippen molar-refractivity contribution in [1.82, 2.24) is 20.5 Å². The number of allylic oxidation sites excluding steroid dienone is 3. The van der Waals surface area contributed by atoms with Crippen LogP contribution in [0.25, 0.3) is 10.2 Å². The number of amides is 1. The SMILES string of the molecule is C=C/C(NC(=O)c1c(N)sc2cc(C3CNC3)cnc12)=C(\C=C/C)N1CCC[C@H](N)C1. The largest absolute Gasteiger partial charge is 0.390 e. The number of hydrogen-bond donors (Lipinski definition) is 4. The minimum atomic E-state index is -0.271. The highest BCUT2D eigenvalue weighted by Gasteiger charge is 2.25. The molecule has 0 bridgehead atoms. The Morgan fingerprint density at radius 1 is 1.45 bits per heavy atom. The first-order valence-electron chi connectivity index (χ1n) is 10.7. The van der Waals surface area contributed by atoms with Crippen LogP contribution in [0, 0.1) is 0 Å². The standard InChI is InChI=1S/C23H30N6OS/c1-3-6-18(29-8-5-7-16(24)13-29)17(4-2)28-23(30)20-21-19(31-22(20)25)9-14(12-27-21)15-10-26-11-15/h3-4,6,9,12,15-16,26H,2,5,7-8,10-11,13,24-25H2,1H3,(H,28,30)/b6-3-,18-17-/t16-/m0/s1. The zero-order valence-electron chi connectivity index (χ0n) is 17.9. The lowest BCUT2D eigenvalue weighted by atomic mass is 9.95. The van der Waals surface area contributed by atoms with Gasteiger partial charge in [0.25, 0.3) is 5.91 Å². The second kappa shape index (κ2) is 9.21. The van der Waals surface area contributed by atoms with Crippen LogP contribution in [-0.2, 0) is 0 Å². The number of thiophene rings is 1. The van der Waals surface area contributed by atoms with Crippen LogP contribution in [-0.4, -0.2) is 48.0 Å². The van der Waals surface area contributed by atoms with E-state index in [1.807, 2.05) is 25.3 Å². The Labute approximate surface area is 186 Å². The molecule has 0 aromatic carbocycles. The monoisotopic (exact) mass is 438 g/mol. The number of rotatable bonds is 6. The molecular formula is C23H30N6OS. The van der Waals surface area contributed by atoms with Crippen LogP contribution < -0.4 is 22.1 Å². The molecule has 6 N–H and O–H groups in total. The molecule has 2 fully saturated rings.